The molecule has 0 saturated carbocycles. The van der Waals surface area contributed by atoms with E-state index in [0.717, 1.165) is 0 Å². The minimum absolute atomic E-state index is 0.0355. The number of hydrogen-bond acceptors (Lipinski definition) is 5. The van der Waals surface area contributed by atoms with Crippen LogP contribution in [0.4, 0.5) is 0 Å². The Morgan fingerprint density at radius 1 is 1.33 bits per heavy atom. The highest BCUT2D eigenvalue weighted by molar-refractivity contribution is 7.89. The zero-order valence-electron chi connectivity index (χ0n) is 12.0. The molecule has 1 rings (SSSR count). The summed E-state index contributed by atoms with van der Waals surface area (Å²) in [4.78, 5) is 11.7. The van der Waals surface area contributed by atoms with Crippen molar-refractivity contribution in [3.05, 3.63) is 24.3 Å². The first-order chi connectivity index (χ1) is 9.90. The molecule has 0 aromatic heterocycles. The first kappa shape index (κ1) is 17.4. The van der Waals surface area contributed by atoms with E-state index in [1.165, 1.54) is 38.3 Å². The van der Waals surface area contributed by atoms with Gasteiger partial charge in [0.2, 0.25) is 15.9 Å². The summed E-state index contributed by atoms with van der Waals surface area (Å²) >= 11 is 0. The fourth-order valence-electron chi connectivity index (χ4n) is 1.55. The van der Waals surface area contributed by atoms with Gasteiger partial charge in [-0.15, -0.1) is 0 Å². The van der Waals surface area contributed by atoms with E-state index >= 15 is 0 Å². The van der Waals surface area contributed by atoms with Crippen molar-refractivity contribution in [2.45, 2.75) is 24.3 Å². The molecule has 0 fully saturated rings. The van der Waals surface area contributed by atoms with Crippen molar-refractivity contribution < 1.29 is 23.1 Å². The third kappa shape index (κ3) is 5.33. The van der Waals surface area contributed by atoms with Crippen LogP contribution in [0.2, 0.25) is 0 Å². The van der Waals surface area contributed by atoms with Gasteiger partial charge in [-0.3, -0.25) is 4.79 Å². The molecular weight excluding hydrogens is 296 g/mol. The maximum atomic E-state index is 12.1. The van der Waals surface area contributed by atoms with Crippen molar-refractivity contribution in [3.8, 4) is 5.75 Å². The van der Waals surface area contributed by atoms with Gasteiger partial charge < -0.3 is 15.2 Å². The van der Waals surface area contributed by atoms with Crippen LogP contribution < -0.4 is 14.8 Å². The quantitative estimate of drug-likeness (QED) is 0.579. The second-order valence-corrected chi connectivity index (χ2v) is 6.10. The van der Waals surface area contributed by atoms with E-state index in [9.17, 15) is 13.2 Å². The van der Waals surface area contributed by atoms with E-state index in [1.54, 1.807) is 0 Å². The molecule has 0 aliphatic heterocycles. The lowest BCUT2D eigenvalue weighted by atomic mass is 10.3. The molecule has 0 bridgehead atoms. The number of rotatable bonds is 8. The molecule has 0 saturated heterocycles. The summed E-state index contributed by atoms with van der Waals surface area (Å²) in [5.74, 6) is 0.101. The van der Waals surface area contributed by atoms with Gasteiger partial charge in [-0.1, -0.05) is 0 Å². The number of ether oxygens (including phenoxy) is 1. The van der Waals surface area contributed by atoms with Crippen LogP contribution >= 0.6 is 0 Å². The Kier molecular flexibility index (Phi) is 6.60. The zero-order valence-corrected chi connectivity index (χ0v) is 12.8. The minimum Gasteiger partial charge on any atom is -0.497 e. The highest BCUT2D eigenvalue weighted by atomic mass is 32.2. The monoisotopic (exact) mass is 316 g/mol. The SMILES string of the molecule is COc1ccc(S(=O)(=O)N[C@H](C)C(=O)NCCCO)cc1. The predicted molar refractivity (Wildman–Crippen MR) is 77.5 cm³/mol. The van der Waals surface area contributed by atoms with E-state index in [-0.39, 0.29) is 11.5 Å². The maximum Gasteiger partial charge on any atom is 0.241 e. The Morgan fingerprint density at radius 2 is 1.95 bits per heavy atom. The summed E-state index contributed by atoms with van der Waals surface area (Å²) in [5, 5.41) is 11.2. The summed E-state index contributed by atoms with van der Waals surface area (Å²) in [6.07, 6.45) is 0.420. The highest BCUT2D eigenvalue weighted by Crippen LogP contribution is 2.15. The summed E-state index contributed by atoms with van der Waals surface area (Å²) < 4.78 is 31.5. The van der Waals surface area contributed by atoms with Gasteiger partial charge in [0.1, 0.15) is 5.75 Å². The molecule has 8 heteroatoms. The van der Waals surface area contributed by atoms with Crippen LogP contribution in [0.15, 0.2) is 29.2 Å². The average molecular weight is 316 g/mol. The standard InChI is InChI=1S/C13H20N2O5S/c1-10(13(17)14-8-3-9-16)15-21(18,19)12-6-4-11(20-2)5-7-12/h4-7,10,15-16H,3,8-9H2,1-2H3,(H,14,17)/t10-/m1/s1. The number of aliphatic hydroxyl groups excluding tert-OH is 1. The zero-order chi connectivity index (χ0) is 15.9. The summed E-state index contributed by atoms with van der Waals surface area (Å²) in [6.45, 7) is 1.71. The molecule has 0 aliphatic carbocycles. The molecule has 1 amide bonds. The van der Waals surface area contributed by atoms with Crippen LogP contribution in [0.3, 0.4) is 0 Å². The fourth-order valence-corrected chi connectivity index (χ4v) is 2.76. The third-order valence-electron chi connectivity index (χ3n) is 2.73. The van der Waals surface area contributed by atoms with Gasteiger partial charge >= 0.3 is 0 Å². The lowest BCUT2D eigenvalue weighted by molar-refractivity contribution is -0.122. The van der Waals surface area contributed by atoms with E-state index in [4.69, 9.17) is 9.84 Å². The topological polar surface area (TPSA) is 105 Å². The Balaban J connectivity index is 2.68. The average Bonchev–Trinajstić information content (AvgIpc) is 2.47. The fraction of sp³-hybridized carbons (Fsp3) is 0.462. The number of methoxy groups -OCH3 is 1. The van der Waals surface area contributed by atoms with E-state index in [1.807, 2.05) is 0 Å². The van der Waals surface area contributed by atoms with Gasteiger partial charge in [-0.2, -0.15) is 4.72 Å². The summed E-state index contributed by atoms with van der Waals surface area (Å²) in [5.41, 5.74) is 0. The molecule has 7 nitrogen and oxygen atoms in total. The smallest absolute Gasteiger partial charge is 0.241 e. The van der Waals surface area contributed by atoms with Crippen molar-refractivity contribution in [1.29, 1.82) is 0 Å². The van der Waals surface area contributed by atoms with Gasteiger partial charge in [-0.05, 0) is 37.6 Å². The molecule has 118 valence electrons. The Labute approximate surface area is 124 Å². The van der Waals surface area contributed by atoms with Gasteiger partial charge in [0.25, 0.3) is 0 Å². The lowest BCUT2D eigenvalue weighted by Crippen LogP contribution is -2.45. The Morgan fingerprint density at radius 3 is 2.48 bits per heavy atom. The Bertz CT molecular complexity index is 556. The molecule has 0 radical (unpaired) electrons. The first-order valence-electron chi connectivity index (χ1n) is 6.45. The minimum atomic E-state index is -3.78. The predicted octanol–water partition coefficient (Wildman–Crippen LogP) is -0.139. The van der Waals surface area contributed by atoms with Gasteiger partial charge in [0.15, 0.2) is 0 Å². The third-order valence-corrected chi connectivity index (χ3v) is 4.29. The lowest BCUT2D eigenvalue weighted by Gasteiger charge is -2.14. The second kappa shape index (κ2) is 7.96. The molecule has 21 heavy (non-hydrogen) atoms. The van der Waals surface area contributed by atoms with Crippen LogP contribution in [0.1, 0.15) is 13.3 Å². The number of carbonyl (C=O) groups excluding carboxylic acids is 1. The molecule has 0 spiro atoms. The highest BCUT2D eigenvalue weighted by Gasteiger charge is 2.21. The largest absolute Gasteiger partial charge is 0.497 e. The van der Waals surface area contributed by atoms with Crippen molar-refractivity contribution in [2.24, 2.45) is 0 Å². The summed E-state index contributed by atoms with van der Waals surface area (Å²) in [7, 11) is -2.29. The van der Waals surface area contributed by atoms with Gasteiger partial charge in [-0.25, -0.2) is 8.42 Å². The van der Waals surface area contributed by atoms with Crippen molar-refractivity contribution in [2.75, 3.05) is 20.3 Å². The number of hydrogen-bond donors (Lipinski definition) is 3. The molecule has 1 atom stereocenters. The first-order valence-corrected chi connectivity index (χ1v) is 7.94. The van der Waals surface area contributed by atoms with Crippen LogP contribution in [0, 0.1) is 0 Å². The molecular formula is C13H20N2O5S. The van der Waals surface area contributed by atoms with Crippen molar-refractivity contribution in [3.63, 3.8) is 0 Å². The molecule has 0 aliphatic rings. The number of benzene rings is 1. The molecule has 0 unspecified atom stereocenters. The second-order valence-electron chi connectivity index (χ2n) is 4.39. The van der Waals surface area contributed by atoms with Crippen molar-refractivity contribution >= 4 is 15.9 Å². The van der Waals surface area contributed by atoms with Crippen LogP contribution in [0.25, 0.3) is 0 Å². The maximum absolute atomic E-state index is 12.1. The van der Waals surface area contributed by atoms with E-state index in [2.05, 4.69) is 10.0 Å². The van der Waals surface area contributed by atoms with E-state index in [0.29, 0.717) is 18.7 Å². The van der Waals surface area contributed by atoms with Crippen LogP contribution in [-0.2, 0) is 14.8 Å². The van der Waals surface area contributed by atoms with E-state index < -0.39 is 22.0 Å². The Hall–Kier alpha value is -1.64. The summed E-state index contributed by atoms with van der Waals surface area (Å²) in [6, 6.07) is 4.95. The number of nitrogens with one attached hydrogen (secondary N) is 2. The van der Waals surface area contributed by atoms with Gasteiger partial charge in [0.05, 0.1) is 18.0 Å². The number of amides is 1. The molecule has 0 heterocycles. The normalized spacial score (nSPS) is 12.7. The van der Waals surface area contributed by atoms with Crippen LogP contribution in [-0.4, -0.2) is 45.7 Å². The number of sulfonamides is 1. The van der Waals surface area contributed by atoms with Crippen molar-refractivity contribution in [1.82, 2.24) is 10.0 Å². The number of aliphatic hydroxyl groups is 1. The molecule has 1 aromatic carbocycles. The number of carbonyl (C=O) groups is 1. The molecule has 3 N–H and O–H groups in total. The molecule has 1 aromatic rings. The van der Waals surface area contributed by atoms with Crippen LogP contribution in [0.5, 0.6) is 5.75 Å². The van der Waals surface area contributed by atoms with Gasteiger partial charge in [0, 0.05) is 13.2 Å².